The minimum absolute atomic E-state index is 0.0100. The topological polar surface area (TPSA) is 81.2 Å². The van der Waals surface area contributed by atoms with Crippen molar-refractivity contribution in [3.63, 3.8) is 0 Å². The van der Waals surface area contributed by atoms with E-state index in [0.717, 1.165) is 17.4 Å². The summed E-state index contributed by atoms with van der Waals surface area (Å²) < 4.78 is 44.8. The molecule has 0 aliphatic carbocycles. The number of esters is 1. The van der Waals surface area contributed by atoms with Crippen LogP contribution in [0.4, 0.5) is 18.3 Å². The molecule has 11 heteroatoms. The van der Waals surface area contributed by atoms with Gasteiger partial charge in [0.25, 0.3) is 5.91 Å². The first-order valence-electron chi connectivity index (χ1n) is 6.88. The Labute approximate surface area is 152 Å². The SMILES string of the molecule is O=C(COC(=O)c1cccnc1Cl)Nc1nc2c(F)c(F)c(F)cc2s1. The lowest BCUT2D eigenvalue weighted by atomic mass is 10.3. The Morgan fingerprint density at radius 3 is 2.77 bits per heavy atom. The number of thiazole rings is 1. The zero-order valence-corrected chi connectivity index (χ0v) is 14.1. The van der Waals surface area contributed by atoms with E-state index in [1.165, 1.54) is 18.3 Å². The van der Waals surface area contributed by atoms with Crippen LogP contribution in [0.25, 0.3) is 10.2 Å². The Bertz CT molecular complexity index is 1030. The molecule has 0 unspecified atom stereocenters. The molecule has 0 bridgehead atoms. The van der Waals surface area contributed by atoms with E-state index >= 15 is 0 Å². The monoisotopic (exact) mass is 401 g/mol. The van der Waals surface area contributed by atoms with Gasteiger partial charge in [0.15, 0.2) is 29.2 Å². The van der Waals surface area contributed by atoms with E-state index in [0.29, 0.717) is 0 Å². The molecule has 3 aromatic rings. The summed E-state index contributed by atoms with van der Waals surface area (Å²) in [5.74, 6) is -6.10. The van der Waals surface area contributed by atoms with Crippen LogP contribution in [0.1, 0.15) is 10.4 Å². The third kappa shape index (κ3) is 3.60. The first kappa shape index (κ1) is 18.1. The first-order chi connectivity index (χ1) is 12.4. The van der Waals surface area contributed by atoms with E-state index in [9.17, 15) is 22.8 Å². The zero-order valence-electron chi connectivity index (χ0n) is 12.6. The third-order valence-electron chi connectivity index (χ3n) is 3.08. The number of carbonyl (C=O) groups is 2. The molecule has 0 saturated heterocycles. The molecule has 0 spiro atoms. The lowest BCUT2D eigenvalue weighted by molar-refractivity contribution is -0.119. The van der Waals surface area contributed by atoms with Crippen molar-refractivity contribution in [2.24, 2.45) is 0 Å². The Balaban J connectivity index is 1.67. The fourth-order valence-corrected chi connectivity index (χ4v) is 3.03. The normalized spacial score (nSPS) is 10.8. The minimum atomic E-state index is -1.65. The number of halogens is 4. The van der Waals surface area contributed by atoms with Crippen molar-refractivity contribution >= 4 is 50.2 Å². The summed E-state index contributed by atoms with van der Waals surface area (Å²) >= 11 is 6.47. The van der Waals surface area contributed by atoms with Crippen LogP contribution in [0.5, 0.6) is 0 Å². The van der Waals surface area contributed by atoms with Gasteiger partial charge in [0.05, 0.1) is 10.3 Å². The van der Waals surface area contributed by atoms with Crippen molar-refractivity contribution in [1.82, 2.24) is 9.97 Å². The van der Waals surface area contributed by atoms with Crippen molar-refractivity contribution in [3.05, 3.63) is 52.6 Å². The van der Waals surface area contributed by atoms with E-state index in [2.05, 4.69) is 15.3 Å². The number of anilines is 1. The summed E-state index contributed by atoms with van der Waals surface area (Å²) in [7, 11) is 0. The molecule has 1 aromatic carbocycles. The second kappa shape index (κ2) is 7.26. The maximum absolute atomic E-state index is 13.6. The molecule has 0 radical (unpaired) electrons. The molecule has 1 amide bonds. The second-order valence-electron chi connectivity index (χ2n) is 4.82. The number of amides is 1. The second-order valence-corrected chi connectivity index (χ2v) is 6.21. The van der Waals surface area contributed by atoms with Crippen LogP contribution in [0.15, 0.2) is 24.4 Å². The number of ether oxygens (including phenoxy) is 1. The summed E-state index contributed by atoms with van der Waals surface area (Å²) in [6.07, 6.45) is 1.38. The quantitative estimate of drug-likeness (QED) is 0.411. The molecule has 2 heterocycles. The van der Waals surface area contributed by atoms with Crippen molar-refractivity contribution in [3.8, 4) is 0 Å². The van der Waals surface area contributed by atoms with Gasteiger partial charge < -0.3 is 4.74 Å². The fraction of sp³-hybridized carbons (Fsp3) is 0.0667. The number of benzene rings is 1. The van der Waals surface area contributed by atoms with Crippen molar-refractivity contribution in [2.75, 3.05) is 11.9 Å². The largest absolute Gasteiger partial charge is 0.452 e. The number of nitrogens with one attached hydrogen (secondary N) is 1. The van der Waals surface area contributed by atoms with Crippen molar-refractivity contribution < 1.29 is 27.5 Å². The van der Waals surface area contributed by atoms with Gasteiger partial charge in [0, 0.05) is 6.20 Å². The number of fused-ring (bicyclic) bond motifs is 1. The molecule has 0 atom stereocenters. The van der Waals surface area contributed by atoms with Gasteiger partial charge in [-0.15, -0.1) is 0 Å². The molecule has 1 N–H and O–H groups in total. The van der Waals surface area contributed by atoms with Crippen LogP contribution >= 0.6 is 22.9 Å². The maximum atomic E-state index is 13.6. The predicted molar refractivity (Wildman–Crippen MR) is 87.7 cm³/mol. The molecule has 0 fully saturated rings. The number of nitrogens with zero attached hydrogens (tertiary/aromatic N) is 2. The van der Waals surface area contributed by atoms with Crippen LogP contribution in [0, 0.1) is 17.5 Å². The number of aromatic nitrogens is 2. The van der Waals surface area contributed by atoms with Crippen LogP contribution in [-0.2, 0) is 9.53 Å². The fourth-order valence-electron chi connectivity index (χ4n) is 1.93. The maximum Gasteiger partial charge on any atom is 0.341 e. The van der Waals surface area contributed by atoms with Crippen LogP contribution in [0.2, 0.25) is 5.15 Å². The van der Waals surface area contributed by atoms with Gasteiger partial charge in [-0.2, -0.15) is 0 Å². The van der Waals surface area contributed by atoms with Gasteiger partial charge in [-0.25, -0.2) is 27.9 Å². The molecule has 0 aliphatic heterocycles. The molecular formula is C15H7ClF3N3O3S. The van der Waals surface area contributed by atoms with Gasteiger partial charge in [-0.05, 0) is 18.2 Å². The highest BCUT2D eigenvalue weighted by Crippen LogP contribution is 2.30. The smallest absolute Gasteiger partial charge is 0.341 e. The van der Waals surface area contributed by atoms with E-state index in [4.69, 9.17) is 16.3 Å². The summed E-state index contributed by atoms with van der Waals surface area (Å²) in [5.41, 5.74) is -0.432. The number of carbonyl (C=O) groups excluding carboxylic acids is 2. The van der Waals surface area contributed by atoms with Gasteiger partial charge in [0.1, 0.15) is 10.7 Å². The van der Waals surface area contributed by atoms with Crippen LogP contribution < -0.4 is 5.32 Å². The summed E-state index contributed by atoms with van der Waals surface area (Å²) in [6.45, 7) is -0.675. The Hall–Kier alpha value is -2.72. The number of rotatable bonds is 4. The van der Waals surface area contributed by atoms with Crippen molar-refractivity contribution in [2.45, 2.75) is 0 Å². The molecule has 26 heavy (non-hydrogen) atoms. The minimum Gasteiger partial charge on any atom is -0.452 e. The third-order valence-corrected chi connectivity index (χ3v) is 4.30. The molecule has 3 rings (SSSR count). The van der Waals surface area contributed by atoms with Crippen molar-refractivity contribution in [1.29, 1.82) is 0 Å². The Morgan fingerprint density at radius 1 is 1.27 bits per heavy atom. The molecule has 0 saturated carbocycles. The summed E-state index contributed by atoms with van der Waals surface area (Å²) in [4.78, 5) is 31.0. The molecule has 2 aromatic heterocycles. The highest BCUT2D eigenvalue weighted by Gasteiger charge is 2.19. The zero-order chi connectivity index (χ0) is 18.8. The van der Waals surface area contributed by atoms with Gasteiger partial charge in [-0.1, -0.05) is 22.9 Å². The van der Waals surface area contributed by atoms with Crippen LogP contribution in [-0.4, -0.2) is 28.5 Å². The summed E-state index contributed by atoms with van der Waals surface area (Å²) in [5, 5.41) is 2.06. The first-order valence-corrected chi connectivity index (χ1v) is 8.07. The Morgan fingerprint density at radius 2 is 2.04 bits per heavy atom. The lowest BCUT2D eigenvalue weighted by Gasteiger charge is -2.05. The predicted octanol–water partition coefficient (Wildman–Crippen LogP) is 3.56. The molecule has 134 valence electrons. The average Bonchev–Trinajstić information content (AvgIpc) is 3.00. The van der Waals surface area contributed by atoms with E-state index in [-0.39, 0.29) is 20.5 Å². The highest BCUT2D eigenvalue weighted by molar-refractivity contribution is 7.22. The Kier molecular flexibility index (Phi) is 5.05. The van der Waals surface area contributed by atoms with Gasteiger partial charge in [0.2, 0.25) is 0 Å². The van der Waals surface area contributed by atoms with E-state index in [1.807, 2.05) is 0 Å². The average molecular weight is 402 g/mol. The van der Waals surface area contributed by atoms with E-state index < -0.39 is 41.5 Å². The molecule has 0 aliphatic rings. The standard InChI is InChI=1S/C15H7ClF3N3O3S/c16-13-6(2-1-3-20-13)14(24)25-5-9(23)21-15-22-12-8(26-15)4-7(17)10(18)11(12)19/h1-4H,5H2,(H,21,22,23). The molecular weight excluding hydrogens is 395 g/mol. The summed E-state index contributed by atoms with van der Waals surface area (Å²) in [6, 6.07) is 3.61. The number of hydrogen-bond donors (Lipinski definition) is 1. The number of pyridine rings is 1. The highest BCUT2D eigenvalue weighted by atomic mass is 35.5. The number of hydrogen-bond acceptors (Lipinski definition) is 6. The van der Waals surface area contributed by atoms with Crippen LogP contribution in [0.3, 0.4) is 0 Å². The molecule has 6 nitrogen and oxygen atoms in total. The lowest BCUT2D eigenvalue weighted by Crippen LogP contribution is -2.21. The van der Waals surface area contributed by atoms with E-state index in [1.54, 1.807) is 0 Å². The van der Waals surface area contributed by atoms with Gasteiger partial charge in [-0.3, -0.25) is 10.1 Å². The van der Waals surface area contributed by atoms with Gasteiger partial charge >= 0.3 is 5.97 Å².